The lowest BCUT2D eigenvalue weighted by atomic mass is 10.0. The van der Waals surface area contributed by atoms with E-state index in [1.807, 2.05) is 18.2 Å². The van der Waals surface area contributed by atoms with Gasteiger partial charge in [0.25, 0.3) is 0 Å². The normalized spacial score (nSPS) is 10.7. The van der Waals surface area contributed by atoms with Crippen LogP contribution in [0.2, 0.25) is 0 Å². The first-order valence-electron chi connectivity index (χ1n) is 7.93. The van der Waals surface area contributed by atoms with Crippen LogP contribution < -0.4 is 10.6 Å². The Morgan fingerprint density at radius 3 is 2.61 bits per heavy atom. The van der Waals surface area contributed by atoms with Crippen LogP contribution in [0.3, 0.4) is 0 Å². The van der Waals surface area contributed by atoms with Crippen molar-refractivity contribution in [3.05, 3.63) is 53.9 Å². The molecule has 2 heterocycles. The van der Waals surface area contributed by atoms with Crippen molar-refractivity contribution in [3.63, 3.8) is 0 Å². The Labute approximate surface area is 136 Å². The van der Waals surface area contributed by atoms with E-state index in [0.29, 0.717) is 0 Å². The summed E-state index contributed by atoms with van der Waals surface area (Å²) in [6.07, 6.45) is 2.63. The molecule has 0 saturated heterocycles. The molecule has 0 fully saturated rings. The number of aryl methyl sites for hydroxylation is 1. The number of hydrogen-bond donors (Lipinski definition) is 2. The fourth-order valence-corrected chi connectivity index (χ4v) is 2.78. The van der Waals surface area contributed by atoms with Crippen LogP contribution in [0, 0.1) is 6.92 Å². The number of rotatable bonds is 6. The Hall–Kier alpha value is -2.69. The number of fused-ring (bicyclic) bond motifs is 1. The van der Waals surface area contributed by atoms with Crippen LogP contribution in [0.4, 0.5) is 11.5 Å². The molecule has 0 amide bonds. The summed E-state index contributed by atoms with van der Waals surface area (Å²) in [6.45, 7) is 5.82. The van der Waals surface area contributed by atoms with Gasteiger partial charge in [-0.25, -0.2) is 0 Å². The zero-order valence-corrected chi connectivity index (χ0v) is 13.5. The van der Waals surface area contributed by atoms with Crippen molar-refractivity contribution >= 4 is 22.4 Å². The third-order valence-electron chi connectivity index (χ3n) is 3.86. The van der Waals surface area contributed by atoms with Gasteiger partial charge in [-0.15, -0.1) is 5.10 Å². The molecule has 5 nitrogen and oxygen atoms in total. The number of nitrogens with one attached hydrogen (secondary N) is 2. The predicted octanol–water partition coefficient (Wildman–Crippen LogP) is 3.42. The fourth-order valence-electron chi connectivity index (χ4n) is 2.78. The lowest BCUT2D eigenvalue weighted by Crippen LogP contribution is -2.16. The average molecular weight is 307 g/mol. The number of aromatic nitrogens is 3. The quantitative estimate of drug-likeness (QED) is 0.683. The molecule has 5 heteroatoms. The summed E-state index contributed by atoms with van der Waals surface area (Å²) >= 11 is 0. The minimum Gasteiger partial charge on any atom is -0.382 e. The van der Waals surface area contributed by atoms with E-state index >= 15 is 0 Å². The van der Waals surface area contributed by atoms with E-state index in [4.69, 9.17) is 4.98 Å². The van der Waals surface area contributed by atoms with Gasteiger partial charge in [0, 0.05) is 36.1 Å². The largest absolute Gasteiger partial charge is 0.382 e. The molecule has 2 aromatic heterocycles. The van der Waals surface area contributed by atoms with E-state index in [9.17, 15) is 0 Å². The fraction of sp³-hybridized carbons (Fsp3) is 0.278. The standard InChI is InChI=1S/C18H21N5/c1-3-14-13(2)22-16-8-5-4-7-15(16)18(14)20-12-11-19-17-9-6-10-21-23-17/h4-10H,3,11-12H2,1-2H3,(H,19,23)(H,20,22). The molecule has 23 heavy (non-hydrogen) atoms. The first-order chi connectivity index (χ1) is 11.3. The van der Waals surface area contributed by atoms with Crippen molar-refractivity contribution in [2.75, 3.05) is 23.7 Å². The van der Waals surface area contributed by atoms with Crippen molar-refractivity contribution < 1.29 is 0 Å². The van der Waals surface area contributed by atoms with E-state index in [1.54, 1.807) is 6.20 Å². The summed E-state index contributed by atoms with van der Waals surface area (Å²) in [7, 11) is 0. The number of pyridine rings is 1. The first kappa shape index (κ1) is 15.2. The summed E-state index contributed by atoms with van der Waals surface area (Å²) in [6, 6.07) is 12.1. The van der Waals surface area contributed by atoms with Gasteiger partial charge in [0.1, 0.15) is 5.82 Å². The van der Waals surface area contributed by atoms with Gasteiger partial charge in [0.2, 0.25) is 0 Å². The maximum Gasteiger partial charge on any atom is 0.148 e. The van der Waals surface area contributed by atoms with Gasteiger partial charge < -0.3 is 10.6 Å². The second-order valence-corrected chi connectivity index (χ2v) is 5.38. The molecule has 0 aliphatic heterocycles. The van der Waals surface area contributed by atoms with Gasteiger partial charge in [-0.05, 0) is 37.1 Å². The van der Waals surface area contributed by atoms with Crippen molar-refractivity contribution in [2.45, 2.75) is 20.3 Å². The van der Waals surface area contributed by atoms with Gasteiger partial charge >= 0.3 is 0 Å². The van der Waals surface area contributed by atoms with Gasteiger partial charge in [0.05, 0.1) is 5.52 Å². The van der Waals surface area contributed by atoms with Crippen molar-refractivity contribution in [1.82, 2.24) is 15.2 Å². The Bertz CT molecular complexity index is 786. The van der Waals surface area contributed by atoms with Gasteiger partial charge in [-0.3, -0.25) is 4.98 Å². The Morgan fingerprint density at radius 2 is 1.83 bits per heavy atom. The molecule has 0 radical (unpaired) electrons. The molecular formula is C18H21N5. The summed E-state index contributed by atoms with van der Waals surface area (Å²) in [5, 5.41) is 15.9. The number of anilines is 2. The highest BCUT2D eigenvalue weighted by Crippen LogP contribution is 2.28. The Morgan fingerprint density at radius 1 is 1.00 bits per heavy atom. The molecule has 3 rings (SSSR count). The third-order valence-corrected chi connectivity index (χ3v) is 3.86. The molecule has 1 aromatic carbocycles. The van der Waals surface area contributed by atoms with Crippen LogP contribution in [-0.4, -0.2) is 28.3 Å². The molecule has 118 valence electrons. The molecule has 0 saturated carbocycles. The topological polar surface area (TPSA) is 62.7 Å². The number of benzene rings is 1. The van der Waals surface area contributed by atoms with Crippen LogP contribution in [0.15, 0.2) is 42.6 Å². The van der Waals surface area contributed by atoms with Crippen molar-refractivity contribution in [1.29, 1.82) is 0 Å². The minimum absolute atomic E-state index is 0.775. The van der Waals surface area contributed by atoms with E-state index in [1.165, 1.54) is 16.6 Å². The van der Waals surface area contributed by atoms with Crippen LogP contribution in [0.5, 0.6) is 0 Å². The molecule has 0 aliphatic carbocycles. The lowest BCUT2D eigenvalue weighted by molar-refractivity contribution is 0.986. The van der Waals surface area contributed by atoms with E-state index in [-0.39, 0.29) is 0 Å². The number of para-hydroxylation sites is 1. The van der Waals surface area contributed by atoms with Gasteiger partial charge in [0.15, 0.2) is 0 Å². The lowest BCUT2D eigenvalue weighted by Gasteiger charge is -2.16. The van der Waals surface area contributed by atoms with Crippen molar-refractivity contribution in [3.8, 4) is 0 Å². The summed E-state index contributed by atoms with van der Waals surface area (Å²) in [4.78, 5) is 4.71. The molecule has 0 spiro atoms. The molecule has 0 unspecified atom stereocenters. The molecule has 2 N–H and O–H groups in total. The summed E-state index contributed by atoms with van der Waals surface area (Å²) in [5.41, 5.74) is 4.60. The summed E-state index contributed by atoms with van der Waals surface area (Å²) < 4.78 is 0. The third kappa shape index (κ3) is 3.39. The maximum atomic E-state index is 4.71. The molecule has 0 atom stereocenters. The smallest absolute Gasteiger partial charge is 0.148 e. The van der Waals surface area contributed by atoms with Crippen LogP contribution in [-0.2, 0) is 6.42 Å². The van der Waals surface area contributed by atoms with Crippen LogP contribution in [0.1, 0.15) is 18.2 Å². The highest BCUT2D eigenvalue weighted by atomic mass is 15.2. The van der Waals surface area contributed by atoms with Gasteiger partial charge in [-0.2, -0.15) is 5.10 Å². The Kier molecular flexibility index (Phi) is 4.66. The van der Waals surface area contributed by atoms with Crippen LogP contribution in [0.25, 0.3) is 10.9 Å². The zero-order valence-electron chi connectivity index (χ0n) is 13.5. The van der Waals surface area contributed by atoms with Gasteiger partial charge in [-0.1, -0.05) is 25.1 Å². The number of hydrogen-bond acceptors (Lipinski definition) is 5. The summed E-state index contributed by atoms with van der Waals surface area (Å²) in [5.74, 6) is 0.792. The second kappa shape index (κ2) is 7.05. The van der Waals surface area contributed by atoms with Crippen molar-refractivity contribution in [2.24, 2.45) is 0 Å². The zero-order chi connectivity index (χ0) is 16.1. The number of nitrogens with zero attached hydrogens (tertiary/aromatic N) is 3. The highest BCUT2D eigenvalue weighted by Gasteiger charge is 2.10. The van der Waals surface area contributed by atoms with E-state index < -0.39 is 0 Å². The monoisotopic (exact) mass is 307 g/mol. The molecule has 0 aliphatic rings. The SMILES string of the molecule is CCc1c(C)nc2ccccc2c1NCCNc1cccnn1. The van der Waals surface area contributed by atoms with E-state index in [2.05, 4.69) is 52.9 Å². The minimum atomic E-state index is 0.775. The van der Waals surface area contributed by atoms with Crippen LogP contribution >= 0.6 is 0 Å². The average Bonchev–Trinajstić information content (AvgIpc) is 2.59. The highest BCUT2D eigenvalue weighted by molar-refractivity contribution is 5.93. The predicted molar refractivity (Wildman–Crippen MR) is 94.9 cm³/mol. The molecule has 0 bridgehead atoms. The Balaban J connectivity index is 1.76. The maximum absolute atomic E-state index is 4.71. The van der Waals surface area contributed by atoms with E-state index in [0.717, 1.165) is 36.5 Å². The first-order valence-corrected chi connectivity index (χ1v) is 7.93. The molecular weight excluding hydrogens is 286 g/mol. The second-order valence-electron chi connectivity index (χ2n) is 5.38. The molecule has 3 aromatic rings.